The number of aromatic nitrogens is 1. The molecule has 5 heteroatoms. The van der Waals surface area contributed by atoms with Gasteiger partial charge in [0.25, 0.3) is 0 Å². The summed E-state index contributed by atoms with van der Waals surface area (Å²) in [5.74, 6) is 2.11. The third-order valence-corrected chi connectivity index (χ3v) is 7.52. The number of fused-ring (bicyclic) bond motifs is 1. The van der Waals surface area contributed by atoms with E-state index in [4.69, 9.17) is 9.47 Å². The maximum Gasteiger partial charge on any atom is 0.223 e. The lowest BCUT2D eigenvalue weighted by molar-refractivity contribution is -0.132. The first-order valence-corrected chi connectivity index (χ1v) is 12.8. The first kappa shape index (κ1) is 24.0. The Hall–Kier alpha value is -3.73. The third kappa shape index (κ3) is 5.11. The first-order valence-electron chi connectivity index (χ1n) is 12.8. The van der Waals surface area contributed by atoms with Crippen LogP contribution in [0.4, 0.5) is 0 Å². The lowest BCUT2D eigenvalue weighted by atomic mass is 9.86. The molecule has 1 saturated heterocycles. The molecule has 5 nitrogen and oxygen atoms in total. The fourth-order valence-corrected chi connectivity index (χ4v) is 5.50. The molecule has 0 aliphatic carbocycles. The molecule has 1 aliphatic rings. The standard InChI is InChI=1S/C31H34N2O3/c1-35-29-13-12-24(19-30(29)36-2)26(27-21-32-28-11-7-6-10-25(27)28)20-31(34)33-16-14-23(15-17-33)18-22-8-4-3-5-9-22/h3-13,19,21,23,26,32H,14-18,20H2,1-2H3/t26-/m1/s1. The van der Waals surface area contributed by atoms with Crippen molar-refractivity contribution in [2.45, 2.75) is 31.6 Å². The highest BCUT2D eigenvalue weighted by Gasteiger charge is 2.28. The summed E-state index contributed by atoms with van der Waals surface area (Å²) >= 11 is 0. The molecule has 1 atom stereocenters. The molecule has 5 rings (SSSR count). The molecule has 186 valence electrons. The van der Waals surface area contributed by atoms with Gasteiger partial charge in [-0.1, -0.05) is 54.6 Å². The molecule has 1 N–H and O–H groups in total. The van der Waals surface area contributed by atoms with Gasteiger partial charge in [0, 0.05) is 42.5 Å². The van der Waals surface area contributed by atoms with Gasteiger partial charge >= 0.3 is 0 Å². The van der Waals surface area contributed by atoms with Gasteiger partial charge in [-0.3, -0.25) is 4.79 Å². The SMILES string of the molecule is COc1ccc([C@@H](CC(=O)N2CCC(Cc3ccccc3)CC2)c2c[nH]c3ccccc23)cc1OC. The molecule has 1 amide bonds. The molecule has 0 unspecified atom stereocenters. The fraction of sp³-hybridized carbons (Fsp3) is 0.323. The molecule has 2 heterocycles. The Kier molecular flexibility index (Phi) is 7.26. The van der Waals surface area contributed by atoms with Crippen molar-refractivity contribution in [1.82, 2.24) is 9.88 Å². The van der Waals surface area contributed by atoms with Crippen molar-refractivity contribution in [3.8, 4) is 11.5 Å². The second-order valence-corrected chi connectivity index (χ2v) is 9.67. The van der Waals surface area contributed by atoms with E-state index < -0.39 is 0 Å². The van der Waals surface area contributed by atoms with Crippen LogP contribution in [0, 0.1) is 5.92 Å². The number of nitrogens with one attached hydrogen (secondary N) is 1. The predicted molar refractivity (Wildman–Crippen MR) is 144 cm³/mol. The quantitative estimate of drug-likeness (QED) is 0.326. The minimum Gasteiger partial charge on any atom is -0.493 e. The molecule has 0 saturated carbocycles. The number of carbonyl (C=O) groups excluding carboxylic acids is 1. The van der Waals surface area contributed by atoms with Crippen LogP contribution >= 0.6 is 0 Å². The summed E-state index contributed by atoms with van der Waals surface area (Å²) in [6.07, 6.45) is 5.65. The Balaban J connectivity index is 1.36. The molecule has 0 radical (unpaired) electrons. The number of H-pyrrole nitrogens is 1. The average Bonchev–Trinajstić information content (AvgIpc) is 3.36. The van der Waals surface area contributed by atoms with E-state index in [1.165, 1.54) is 5.56 Å². The number of benzene rings is 3. The van der Waals surface area contributed by atoms with Gasteiger partial charge in [-0.15, -0.1) is 0 Å². The molecule has 1 fully saturated rings. The van der Waals surface area contributed by atoms with Crippen LogP contribution < -0.4 is 9.47 Å². The van der Waals surface area contributed by atoms with E-state index in [2.05, 4.69) is 52.3 Å². The topological polar surface area (TPSA) is 54.6 Å². The highest BCUT2D eigenvalue weighted by Crippen LogP contribution is 2.38. The van der Waals surface area contributed by atoms with Crippen molar-refractivity contribution >= 4 is 16.8 Å². The van der Waals surface area contributed by atoms with Crippen LogP contribution in [0.5, 0.6) is 11.5 Å². The number of piperidine rings is 1. The molecule has 0 bridgehead atoms. The van der Waals surface area contributed by atoms with Crippen LogP contribution in [0.25, 0.3) is 10.9 Å². The largest absolute Gasteiger partial charge is 0.493 e. The van der Waals surface area contributed by atoms with Crippen molar-refractivity contribution in [3.63, 3.8) is 0 Å². The van der Waals surface area contributed by atoms with Crippen molar-refractivity contribution < 1.29 is 14.3 Å². The number of ether oxygens (including phenoxy) is 2. The fourth-order valence-electron chi connectivity index (χ4n) is 5.50. The maximum atomic E-state index is 13.6. The van der Waals surface area contributed by atoms with E-state index in [-0.39, 0.29) is 11.8 Å². The number of hydrogen-bond acceptors (Lipinski definition) is 3. The van der Waals surface area contributed by atoms with Crippen molar-refractivity contribution in [2.24, 2.45) is 5.92 Å². The van der Waals surface area contributed by atoms with Crippen LogP contribution in [-0.2, 0) is 11.2 Å². The van der Waals surface area contributed by atoms with Gasteiger partial charge in [-0.2, -0.15) is 0 Å². The van der Waals surface area contributed by atoms with E-state index >= 15 is 0 Å². The zero-order chi connectivity index (χ0) is 24.9. The van der Waals surface area contributed by atoms with Crippen molar-refractivity contribution in [2.75, 3.05) is 27.3 Å². The molecule has 0 spiro atoms. The molecule has 4 aromatic rings. The van der Waals surface area contributed by atoms with Crippen LogP contribution in [0.1, 0.15) is 41.9 Å². The maximum absolute atomic E-state index is 13.6. The highest BCUT2D eigenvalue weighted by atomic mass is 16.5. The van der Waals surface area contributed by atoms with Gasteiger partial charge in [-0.25, -0.2) is 0 Å². The van der Waals surface area contributed by atoms with E-state index in [1.54, 1.807) is 14.2 Å². The summed E-state index contributed by atoms with van der Waals surface area (Å²) in [4.78, 5) is 19.1. The van der Waals surface area contributed by atoms with E-state index in [9.17, 15) is 4.79 Å². The summed E-state index contributed by atoms with van der Waals surface area (Å²) < 4.78 is 11.0. The number of methoxy groups -OCH3 is 2. The Morgan fingerprint density at radius 3 is 2.42 bits per heavy atom. The highest BCUT2D eigenvalue weighted by molar-refractivity contribution is 5.86. The smallest absolute Gasteiger partial charge is 0.223 e. The Bertz CT molecular complexity index is 1310. The number of nitrogens with zero attached hydrogens (tertiary/aromatic N) is 1. The van der Waals surface area contributed by atoms with Gasteiger partial charge in [-0.05, 0) is 60.1 Å². The van der Waals surface area contributed by atoms with Crippen LogP contribution in [0.3, 0.4) is 0 Å². The van der Waals surface area contributed by atoms with E-state index in [0.29, 0.717) is 23.8 Å². The molecular formula is C31H34N2O3. The molecule has 3 aromatic carbocycles. The van der Waals surface area contributed by atoms with Gasteiger partial charge in [0.1, 0.15) is 0 Å². The number of likely N-dealkylation sites (tertiary alicyclic amines) is 1. The third-order valence-electron chi connectivity index (χ3n) is 7.52. The Morgan fingerprint density at radius 2 is 1.67 bits per heavy atom. The predicted octanol–water partition coefficient (Wildman–Crippen LogP) is 6.19. The molecule has 36 heavy (non-hydrogen) atoms. The number of hydrogen-bond donors (Lipinski definition) is 1. The normalized spacial score (nSPS) is 15.1. The average molecular weight is 483 g/mol. The second kappa shape index (κ2) is 10.9. The number of amides is 1. The second-order valence-electron chi connectivity index (χ2n) is 9.67. The van der Waals surface area contributed by atoms with E-state index in [1.807, 2.05) is 36.5 Å². The van der Waals surface area contributed by atoms with Crippen molar-refractivity contribution in [1.29, 1.82) is 0 Å². The van der Waals surface area contributed by atoms with Gasteiger partial charge < -0.3 is 19.4 Å². The zero-order valence-electron chi connectivity index (χ0n) is 21.1. The summed E-state index contributed by atoms with van der Waals surface area (Å²) in [6.45, 7) is 1.64. The lowest BCUT2D eigenvalue weighted by Gasteiger charge is -2.33. The Labute approximate surface area is 213 Å². The van der Waals surface area contributed by atoms with E-state index in [0.717, 1.165) is 54.4 Å². The first-order chi connectivity index (χ1) is 17.7. The van der Waals surface area contributed by atoms with Crippen LogP contribution in [0.2, 0.25) is 0 Å². The van der Waals surface area contributed by atoms with Crippen LogP contribution in [-0.4, -0.2) is 43.1 Å². The number of para-hydroxylation sites is 1. The zero-order valence-corrected chi connectivity index (χ0v) is 21.1. The monoisotopic (exact) mass is 482 g/mol. The van der Waals surface area contributed by atoms with Crippen LogP contribution in [0.15, 0.2) is 79.0 Å². The Morgan fingerprint density at radius 1 is 0.944 bits per heavy atom. The minimum atomic E-state index is -0.0875. The molecule has 1 aliphatic heterocycles. The number of aromatic amines is 1. The summed E-state index contributed by atoms with van der Waals surface area (Å²) in [5.41, 5.74) is 4.64. The van der Waals surface area contributed by atoms with Gasteiger partial charge in [0.15, 0.2) is 11.5 Å². The van der Waals surface area contributed by atoms with Crippen molar-refractivity contribution in [3.05, 3.63) is 95.7 Å². The summed E-state index contributed by atoms with van der Waals surface area (Å²) in [5, 5.41) is 1.15. The minimum absolute atomic E-state index is 0.0875. The summed E-state index contributed by atoms with van der Waals surface area (Å²) in [6, 6.07) is 24.9. The summed E-state index contributed by atoms with van der Waals surface area (Å²) in [7, 11) is 3.28. The number of rotatable bonds is 8. The lowest BCUT2D eigenvalue weighted by Crippen LogP contribution is -2.39. The van der Waals surface area contributed by atoms with Gasteiger partial charge in [0.05, 0.1) is 14.2 Å². The number of carbonyl (C=O) groups is 1. The van der Waals surface area contributed by atoms with Gasteiger partial charge in [0.2, 0.25) is 5.91 Å². The molecular weight excluding hydrogens is 448 g/mol. The molecule has 1 aromatic heterocycles.